The summed E-state index contributed by atoms with van der Waals surface area (Å²) in [5, 5.41) is 3.34. The highest BCUT2D eigenvalue weighted by atomic mass is 16.8. The standard InChI is InChI=1S/C21H31N3O12/c1-12(25)32-11-16-18(33-13(2)26)19(34-14(3)27)17-20(36-21(16,17)35-15(4)28)31-10-9-30-8-7-29-6-5-23-24-22/h16-20H,5-11H2,1-4H3. The Balaban J connectivity index is 2.07. The van der Waals surface area contributed by atoms with Crippen molar-refractivity contribution < 1.29 is 57.1 Å². The lowest BCUT2D eigenvalue weighted by Gasteiger charge is -2.51. The van der Waals surface area contributed by atoms with Crippen molar-refractivity contribution >= 4 is 23.9 Å². The second kappa shape index (κ2) is 13.9. The molecular weight excluding hydrogens is 486 g/mol. The highest BCUT2D eigenvalue weighted by molar-refractivity contribution is 5.69. The molecule has 0 bridgehead atoms. The average molecular weight is 517 g/mol. The molecule has 0 N–H and O–H groups in total. The van der Waals surface area contributed by atoms with Gasteiger partial charge in [0.05, 0.1) is 33.0 Å². The van der Waals surface area contributed by atoms with E-state index >= 15 is 0 Å². The Hall–Kier alpha value is -2.97. The van der Waals surface area contributed by atoms with Gasteiger partial charge in [-0.3, -0.25) is 19.2 Å². The molecule has 2 fully saturated rings. The fourth-order valence-electron chi connectivity index (χ4n) is 4.15. The largest absolute Gasteiger partial charge is 0.465 e. The topological polar surface area (TPSA) is 191 Å². The van der Waals surface area contributed by atoms with Gasteiger partial charge < -0.3 is 37.9 Å². The summed E-state index contributed by atoms with van der Waals surface area (Å²) in [6, 6.07) is 0. The Morgan fingerprint density at radius 2 is 1.47 bits per heavy atom. The Labute approximate surface area is 207 Å². The van der Waals surface area contributed by atoms with Crippen molar-refractivity contribution in [1.82, 2.24) is 0 Å². The molecule has 15 heteroatoms. The molecular formula is C21H31N3O12. The number of nitrogens with zero attached hydrogens (tertiary/aromatic N) is 3. The maximum Gasteiger partial charge on any atom is 0.305 e. The van der Waals surface area contributed by atoms with E-state index in [0.717, 1.165) is 6.92 Å². The summed E-state index contributed by atoms with van der Waals surface area (Å²) in [5.74, 6) is -6.25. The maximum atomic E-state index is 12.0. The summed E-state index contributed by atoms with van der Waals surface area (Å²) in [6.07, 6.45) is -3.24. The van der Waals surface area contributed by atoms with E-state index < -0.39 is 60.0 Å². The first-order chi connectivity index (χ1) is 17.1. The second-order valence-electron chi connectivity index (χ2n) is 7.93. The molecule has 0 spiro atoms. The number of hydrogen-bond donors (Lipinski definition) is 0. The molecule has 0 radical (unpaired) electrons. The van der Waals surface area contributed by atoms with Crippen molar-refractivity contribution in [2.45, 2.75) is 52.0 Å². The van der Waals surface area contributed by atoms with Gasteiger partial charge in [-0.1, -0.05) is 5.11 Å². The molecule has 0 amide bonds. The van der Waals surface area contributed by atoms with Gasteiger partial charge in [0.1, 0.15) is 18.4 Å². The van der Waals surface area contributed by atoms with Crippen LogP contribution in [0.3, 0.4) is 0 Å². The number of carbonyl (C=O) groups is 4. The molecule has 1 heterocycles. The van der Waals surface area contributed by atoms with Crippen LogP contribution >= 0.6 is 0 Å². The molecule has 202 valence electrons. The number of carbonyl (C=O) groups excluding carboxylic acids is 4. The van der Waals surface area contributed by atoms with E-state index in [4.69, 9.17) is 43.4 Å². The summed E-state index contributed by atoms with van der Waals surface area (Å²) in [6.45, 7) is 5.64. The van der Waals surface area contributed by atoms with Crippen LogP contribution in [-0.2, 0) is 57.1 Å². The molecule has 1 saturated carbocycles. The molecule has 6 unspecified atom stereocenters. The fourth-order valence-corrected chi connectivity index (χ4v) is 4.15. The minimum absolute atomic E-state index is 0.0652. The van der Waals surface area contributed by atoms with E-state index in [0.29, 0.717) is 0 Å². The van der Waals surface area contributed by atoms with Crippen LogP contribution in [0.4, 0.5) is 0 Å². The minimum atomic E-state index is -1.72. The van der Waals surface area contributed by atoms with E-state index in [1.807, 2.05) is 0 Å². The predicted octanol–water partition coefficient (Wildman–Crippen LogP) is 0.635. The number of hydrogen-bond acceptors (Lipinski definition) is 13. The highest BCUT2D eigenvalue weighted by Crippen LogP contribution is 2.57. The second-order valence-corrected chi connectivity index (χ2v) is 7.93. The summed E-state index contributed by atoms with van der Waals surface area (Å²) < 4.78 is 43.7. The van der Waals surface area contributed by atoms with Gasteiger partial charge in [0.25, 0.3) is 0 Å². The molecule has 1 aliphatic carbocycles. The third-order valence-corrected chi connectivity index (χ3v) is 5.30. The molecule has 1 saturated heterocycles. The normalized spacial score (nSPS) is 28.2. The van der Waals surface area contributed by atoms with Crippen molar-refractivity contribution in [2.75, 3.05) is 46.2 Å². The van der Waals surface area contributed by atoms with Crippen LogP contribution in [0.2, 0.25) is 0 Å². The van der Waals surface area contributed by atoms with Crippen LogP contribution in [-0.4, -0.2) is 94.3 Å². The van der Waals surface area contributed by atoms with Crippen molar-refractivity contribution in [1.29, 1.82) is 0 Å². The summed E-state index contributed by atoms with van der Waals surface area (Å²) in [5.41, 5.74) is 8.19. The summed E-state index contributed by atoms with van der Waals surface area (Å²) in [7, 11) is 0. The van der Waals surface area contributed by atoms with Gasteiger partial charge >= 0.3 is 23.9 Å². The van der Waals surface area contributed by atoms with Crippen molar-refractivity contribution in [3.63, 3.8) is 0 Å². The van der Waals surface area contributed by atoms with Crippen LogP contribution in [0.25, 0.3) is 10.4 Å². The maximum absolute atomic E-state index is 12.0. The average Bonchev–Trinajstić information content (AvgIpc) is 2.93. The van der Waals surface area contributed by atoms with Crippen LogP contribution in [0.5, 0.6) is 0 Å². The molecule has 0 aromatic heterocycles. The van der Waals surface area contributed by atoms with E-state index in [-0.39, 0.29) is 46.2 Å². The molecule has 0 aromatic rings. The molecule has 0 aromatic carbocycles. The van der Waals surface area contributed by atoms with Crippen LogP contribution in [0, 0.1) is 11.8 Å². The molecule has 36 heavy (non-hydrogen) atoms. The Morgan fingerprint density at radius 3 is 2.06 bits per heavy atom. The predicted molar refractivity (Wildman–Crippen MR) is 116 cm³/mol. The monoisotopic (exact) mass is 517 g/mol. The fraction of sp³-hybridized carbons (Fsp3) is 0.810. The first kappa shape index (κ1) is 29.3. The summed E-state index contributed by atoms with van der Waals surface area (Å²) >= 11 is 0. The van der Waals surface area contributed by atoms with Gasteiger partial charge in [-0.2, -0.15) is 0 Å². The summed E-state index contributed by atoms with van der Waals surface area (Å²) in [4.78, 5) is 49.7. The minimum Gasteiger partial charge on any atom is -0.465 e. The number of esters is 4. The Morgan fingerprint density at radius 1 is 0.861 bits per heavy atom. The molecule has 15 nitrogen and oxygen atoms in total. The van der Waals surface area contributed by atoms with Gasteiger partial charge in [0.15, 0.2) is 18.5 Å². The first-order valence-electron chi connectivity index (χ1n) is 11.3. The highest BCUT2D eigenvalue weighted by Gasteiger charge is 2.77. The number of azide groups is 1. The third-order valence-electron chi connectivity index (χ3n) is 5.30. The van der Waals surface area contributed by atoms with E-state index in [1.165, 1.54) is 20.8 Å². The van der Waals surface area contributed by atoms with Gasteiger partial charge in [-0.05, 0) is 5.53 Å². The molecule has 1 aliphatic heterocycles. The van der Waals surface area contributed by atoms with Crippen LogP contribution in [0.1, 0.15) is 27.7 Å². The van der Waals surface area contributed by atoms with Crippen molar-refractivity contribution in [3.05, 3.63) is 10.4 Å². The number of ether oxygens (including phenoxy) is 8. The van der Waals surface area contributed by atoms with E-state index in [1.54, 1.807) is 0 Å². The zero-order chi connectivity index (χ0) is 26.7. The zero-order valence-corrected chi connectivity index (χ0v) is 20.6. The van der Waals surface area contributed by atoms with Gasteiger partial charge in [-0.15, -0.1) is 0 Å². The number of fused-ring (bicyclic) bond motifs is 1. The third kappa shape index (κ3) is 7.77. The molecule has 2 aliphatic rings. The lowest BCUT2D eigenvalue weighted by Crippen LogP contribution is -2.66. The number of rotatable bonds is 15. The van der Waals surface area contributed by atoms with Gasteiger partial charge in [-0.25, -0.2) is 0 Å². The lowest BCUT2D eigenvalue weighted by atomic mass is 9.88. The van der Waals surface area contributed by atoms with Crippen molar-refractivity contribution in [3.8, 4) is 0 Å². The van der Waals surface area contributed by atoms with E-state index in [9.17, 15) is 19.2 Å². The van der Waals surface area contributed by atoms with Crippen LogP contribution < -0.4 is 0 Å². The lowest BCUT2D eigenvalue weighted by molar-refractivity contribution is -0.437. The first-order valence-corrected chi connectivity index (χ1v) is 11.3. The van der Waals surface area contributed by atoms with Gasteiger partial charge in [0.2, 0.25) is 5.79 Å². The smallest absolute Gasteiger partial charge is 0.305 e. The van der Waals surface area contributed by atoms with Crippen LogP contribution in [0.15, 0.2) is 5.11 Å². The Bertz CT molecular complexity index is 848. The molecule has 2 rings (SSSR count). The zero-order valence-electron chi connectivity index (χ0n) is 20.6. The molecule has 6 atom stereocenters. The SMILES string of the molecule is CC(=O)OCC1C(OC(C)=O)C(OC(C)=O)C2C(OCCOCCOCCN=[N+]=[N-])OC12OC(C)=O. The van der Waals surface area contributed by atoms with Crippen molar-refractivity contribution in [2.24, 2.45) is 17.0 Å². The van der Waals surface area contributed by atoms with E-state index in [2.05, 4.69) is 10.0 Å². The Kier molecular flexibility index (Phi) is 11.3. The quantitative estimate of drug-likeness (QED) is 0.0736. The van der Waals surface area contributed by atoms with Gasteiger partial charge in [0, 0.05) is 39.2 Å².